The highest BCUT2D eigenvalue weighted by molar-refractivity contribution is 6.09. The van der Waals surface area contributed by atoms with Crippen LogP contribution >= 0.6 is 0 Å². The maximum atomic E-state index is 7.47. The van der Waals surface area contributed by atoms with Crippen LogP contribution < -0.4 is 15.5 Å². The maximum absolute atomic E-state index is 7.47. The molecular weight excluding hydrogens is 831 g/mol. The molecule has 5 aliphatic carbocycles. The number of nitrogens with zero attached hydrogens (tertiary/aromatic N) is 3. The van der Waals surface area contributed by atoms with Crippen LogP contribution in [-0.4, -0.2) is 36.2 Å². The van der Waals surface area contributed by atoms with Crippen LogP contribution in [0.4, 0.5) is 11.4 Å². The van der Waals surface area contributed by atoms with E-state index in [2.05, 4.69) is 185 Å². The summed E-state index contributed by atoms with van der Waals surface area (Å²) in [4.78, 5) is 10.9. The molecule has 1 saturated heterocycles. The number of amidine groups is 1. The molecule has 4 heterocycles. The number of rotatable bonds is 8. The third-order valence-corrected chi connectivity index (χ3v) is 17.2. The number of para-hydroxylation sites is 2. The van der Waals surface area contributed by atoms with Crippen molar-refractivity contribution in [1.29, 1.82) is 0 Å². The quantitative estimate of drug-likeness (QED) is 0.152. The number of aliphatic imine (C=N–C) groups is 1. The first-order valence-electron chi connectivity index (χ1n) is 26.1. The molecule has 4 aromatic carbocycles. The summed E-state index contributed by atoms with van der Waals surface area (Å²) in [5.41, 5.74) is 12.7. The average Bonchev–Trinajstić information content (AvgIpc) is 4.13. The zero-order chi connectivity index (χ0) is 45.1. The van der Waals surface area contributed by atoms with E-state index in [-0.39, 0.29) is 36.3 Å². The number of hydrogen-bond donors (Lipinski definition) is 2. The van der Waals surface area contributed by atoms with E-state index in [0.717, 1.165) is 69.0 Å². The van der Waals surface area contributed by atoms with Gasteiger partial charge in [-0.2, -0.15) is 0 Å². The number of nitrogens with one attached hydrogen (secondary N) is 2. The molecule has 344 valence electrons. The van der Waals surface area contributed by atoms with Crippen molar-refractivity contribution in [3.63, 3.8) is 0 Å². The predicted molar refractivity (Wildman–Crippen MR) is 281 cm³/mol. The lowest BCUT2D eigenvalue weighted by atomic mass is 9.75. The zero-order valence-electron chi connectivity index (χ0n) is 39.5. The Morgan fingerprint density at radius 2 is 1.44 bits per heavy atom. The van der Waals surface area contributed by atoms with E-state index in [4.69, 9.17) is 9.41 Å². The first-order chi connectivity index (χ1) is 33.7. The smallest absolute Gasteiger partial charge is 0.141 e. The van der Waals surface area contributed by atoms with Crippen molar-refractivity contribution in [2.24, 2.45) is 34.6 Å². The van der Waals surface area contributed by atoms with E-state index in [1.54, 1.807) is 5.57 Å². The van der Waals surface area contributed by atoms with Gasteiger partial charge in [0, 0.05) is 70.2 Å². The Hall–Kier alpha value is -5.95. The molecule has 3 aliphatic heterocycles. The summed E-state index contributed by atoms with van der Waals surface area (Å²) in [7, 11) is 2.33. The lowest BCUT2D eigenvalue weighted by Gasteiger charge is -2.46. The van der Waals surface area contributed by atoms with Crippen LogP contribution in [0.15, 0.2) is 179 Å². The van der Waals surface area contributed by atoms with Gasteiger partial charge in [-0.1, -0.05) is 127 Å². The summed E-state index contributed by atoms with van der Waals surface area (Å²) >= 11 is 0. The topological polar surface area (TPSA) is 56.0 Å². The fourth-order valence-electron chi connectivity index (χ4n) is 13.8. The predicted octanol–water partition coefficient (Wildman–Crippen LogP) is 14.4. The molecule has 1 fully saturated rings. The number of anilines is 2. The highest BCUT2D eigenvalue weighted by Gasteiger charge is 2.47. The summed E-state index contributed by atoms with van der Waals surface area (Å²) in [6.07, 6.45) is 40.1. The van der Waals surface area contributed by atoms with Gasteiger partial charge in [-0.3, -0.25) is 10.3 Å². The van der Waals surface area contributed by atoms with Gasteiger partial charge in [0.25, 0.3) is 0 Å². The van der Waals surface area contributed by atoms with Crippen LogP contribution in [-0.2, 0) is 0 Å². The molecule has 13 rings (SSSR count). The summed E-state index contributed by atoms with van der Waals surface area (Å²) in [6, 6.07) is 34.1. The van der Waals surface area contributed by atoms with Crippen molar-refractivity contribution in [3.05, 3.63) is 186 Å². The van der Waals surface area contributed by atoms with E-state index < -0.39 is 0 Å². The molecule has 68 heavy (non-hydrogen) atoms. The van der Waals surface area contributed by atoms with Crippen LogP contribution in [0, 0.1) is 29.6 Å². The first-order valence-corrected chi connectivity index (χ1v) is 26.1. The van der Waals surface area contributed by atoms with Gasteiger partial charge in [-0.15, -0.1) is 0 Å². The largest absolute Gasteiger partial charge is 0.455 e. The molecule has 6 heteroatoms. The van der Waals surface area contributed by atoms with Crippen molar-refractivity contribution in [2.45, 2.75) is 107 Å². The summed E-state index contributed by atoms with van der Waals surface area (Å²) in [5.74, 6) is 3.67. The highest BCUT2D eigenvalue weighted by atomic mass is 16.3. The van der Waals surface area contributed by atoms with Crippen LogP contribution in [0.3, 0.4) is 0 Å². The third-order valence-electron chi connectivity index (χ3n) is 17.2. The zero-order valence-corrected chi connectivity index (χ0v) is 39.5. The molecule has 1 aromatic heterocycles. The fraction of sp³-hybridized carbons (Fsp3) is 0.371. The molecule has 8 aliphatic rings. The van der Waals surface area contributed by atoms with Crippen molar-refractivity contribution >= 4 is 44.7 Å². The number of fused-ring (bicyclic) bond motifs is 7. The van der Waals surface area contributed by atoms with Gasteiger partial charge in [-0.25, -0.2) is 0 Å². The molecule has 0 spiro atoms. The monoisotopic (exact) mass is 896 g/mol. The Bertz CT molecular complexity index is 2970. The lowest BCUT2D eigenvalue weighted by molar-refractivity contribution is 0.134. The fourth-order valence-corrected chi connectivity index (χ4v) is 13.8. The van der Waals surface area contributed by atoms with E-state index in [1.165, 1.54) is 75.2 Å². The molecule has 8 unspecified atom stereocenters. The van der Waals surface area contributed by atoms with Crippen molar-refractivity contribution in [3.8, 4) is 0 Å². The van der Waals surface area contributed by atoms with Crippen molar-refractivity contribution in [2.75, 3.05) is 11.9 Å². The Kier molecular flexibility index (Phi) is 11.1. The minimum atomic E-state index is -0.0307. The van der Waals surface area contributed by atoms with Gasteiger partial charge >= 0.3 is 0 Å². The molecule has 0 amide bonds. The SMILES string of the molecule is CN1C([C@@H]2CC=CCC2)=NC(C2C[C@H](C3C=C(c4ccccc4)C(C4CC=CCC4)=CC3)NC2c2cccc3c2oc2c4c(ccc23)N(c2ccccc2)C2=CC=CCC24)NC1C1CC=CCC1. The van der Waals surface area contributed by atoms with Crippen molar-refractivity contribution < 1.29 is 4.42 Å². The van der Waals surface area contributed by atoms with Gasteiger partial charge in [-0.05, 0) is 142 Å². The second-order valence-electron chi connectivity index (χ2n) is 21.0. The van der Waals surface area contributed by atoms with Gasteiger partial charge in [0.1, 0.15) is 23.2 Å². The number of furan rings is 1. The second-order valence-corrected chi connectivity index (χ2v) is 21.0. The molecule has 0 saturated carbocycles. The molecule has 0 radical (unpaired) electrons. The summed E-state index contributed by atoms with van der Waals surface area (Å²) < 4.78 is 7.47. The molecular formula is C62H65N5O. The summed E-state index contributed by atoms with van der Waals surface area (Å²) in [6.45, 7) is 0. The Balaban J connectivity index is 0.936. The van der Waals surface area contributed by atoms with E-state index in [9.17, 15) is 0 Å². The van der Waals surface area contributed by atoms with Crippen LogP contribution in [0.2, 0.25) is 0 Å². The summed E-state index contributed by atoms with van der Waals surface area (Å²) in [5, 5.41) is 11.2. The number of hydrogen-bond acceptors (Lipinski definition) is 6. The molecule has 5 aromatic rings. The van der Waals surface area contributed by atoms with Gasteiger partial charge in [0.15, 0.2) is 0 Å². The average molecular weight is 896 g/mol. The Labute approximate surface area is 402 Å². The first kappa shape index (κ1) is 42.2. The van der Waals surface area contributed by atoms with Gasteiger partial charge in [0.05, 0.1) is 11.9 Å². The van der Waals surface area contributed by atoms with Crippen LogP contribution in [0.25, 0.3) is 27.5 Å². The van der Waals surface area contributed by atoms with Gasteiger partial charge < -0.3 is 19.5 Å². The van der Waals surface area contributed by atoms with E-state index in [1.807, 2.05) is 0 Å². The normalized spacial score (nSPS) is 31.1. The third kappa shape index (κ3) is 7.33. The molecule has 0 bridgehead atoms. The molecule has 2 N–H and O–H groups in total. The Morgan fingerprint density at radius 3 is 2.22 bits per heavy atom. The minimum absolute atomic E-state index is 0.0307. The number of benzene rings is 4. The molecule has 10 atom stereocenters. The minimum Gasteiger partial charge on any atom is -0.455 e. The van der Waals surface area contributed by atoms with Gasteiger partial charge in [0.2, 0.25) is 0 Å². The standard InChI is InChI=1S/C62H65N5O/c1-66-61(42-24-11-4-12-25-42)64-60(65-62(66)43-26-13-5-14-27-43)52-39-53(44-34-35-46(40-20-7-2-8-21-40)51(38-44)41-22-9-3-10-23-41)63-57(52)50-32-19-31-47-48-36-37-55-56(59(48)68-58(47)50)49-30-17-18-33-54(49)67(55)45-28-15-6-16-29-45/h2-7,9-11,13,15-19,22-23,28-29,31-33,35-38,40,42-44,49,52-53,57,60-61,63-64H,8,12,14,20-21,24-27,30,34,39H2,1H3/t40?,42?,43-,44?,49?,52?,53-,57?,60?,61?/m1/s1. The molecule has 6 nitrogen and oxygen atoms in total. The van der Waals surface area contributed by atoms with E-state index >= 15 is 0 Å². The van der Waals surface area contributed by atoms with Crippen LogP contribution in [0.5, 0.6) is 0 Å². The van der Waals surface area contributed by atoms with Crippen molar-refractivity contribution in [1.82, 2.24) is 15.5 Å². The van der Waals surface area contributed by atoms with E-state index in [0.29, 0.717) is 23.7 Å². The van der Waals surface area contributed by atoms with Crippen LogP contribution in [0.1, 0.15) is 106 Å². The number of allylic oxidation sites excluding steroid dienone is 13. The highest BCUT2D eigenvalue weighted by Crippen LogP contribution is 2.55. The Morgan fingerprint density at radius 1 is 0.676 bits per heavy atom. The lowest BCUT2D eigenvalue weighted by Crippen LogP contribution is -2.61. The maximum Gasteiger partial charge on any atom is 0.141 e. The second kappa shape index (κ2) is 17.9.